The van der Waals surface area contributed by atoms with Crippen LogP contribution >= 0.6 is 11.8 Å². The molecule has 2 aromatic carbocycles. The number of hydrogen-bond donors (Lipinski definition) is 3. The number of likely N-dealkylation sites (N-methyl/N-ethyl adjacent to an activating group) is 1. The number of carbonyl (C=O) groups is 3. The molecule has 3 aliphatic rings. The van der Waals surface area contributed by atoms with Crippen LogP contribution in [0.15, 0.2) is 65.8 Å². The second-order valence-corrected chi connectivity index (χ2v) is 11.2. The number of thioether (sulfide) groups is 1. The van der Waals surface area contributed by atoms with E-state index in [0.29, 0.717) is 30.9 Å². The minimum Gasteiger partial charge on any atom is -0.457 e. The van der Waals surface area contributed by atoms with Crippen LogP contribution in [0.5, 0.6) is 11.5 Å². The molecule has 3 aromatic rings. The second-order valence-electron chi connectivity index (χ2n) is 10.1. The summed E-state index contributed by atoms with van der Waals surface area (Å²) in [6.07, 6.45) is 2.37. The van der Waals surface area contributed by atoms with E-state index in [4.69, 9.17) is 4.74 Å². The molecule has 4 amide bonds. The number of anilines is 2. The van der Waals surface area contributed by atoms with E-state index >= 15 is 0 Å². The molecule has 4 heterocycles. The zero-order valence-corrected chi connectivity index (χ0v) is 23.0. The van der Waals surface area contributed by atoms with Gasteiger partial charge in [-0.1, -0.05) is 30.0 Å². The third-order valence-electron chi connectivity index (χ3n) is 7.37. The van der Waals surface area contributed by atoms with Gasteiger partial charge in [-0.3, -0.25) is 14.5 Å². The van der Waals surface area contributed by atoms with Crippen molar-refractivity contribution < 1.29 is 19.1 Å². The number of rotatable bonds is 7. The van der Waals surface area contributed by atoms with E-state index in [1.165, 1.54) is 11.8 Å². The summed E-state index contributed by atoms with van der Waals surface area (Å²) in [6.45, 7) is 3.30. The molecule has 0 spiro atoms. The summed E-state index contributed by atoms with van der Waals surface area (Å²) in [5.74, 6) is 1.26. The third kappa shape index (κ3) is 4.86. The first-order valence-electron chi connectivity index (χ1n) is 13.3. The summed E-state index contributed by atoms with van der Waals surface area (Å²) in [5, 5.41) is 9.22. The van der Waals surface area contributed by atoms with Crippen molar-refractivity contribution in [2.45, 2.75) is 35.7 Å². The van der Waals surface area contributed by atoms with Gasteiger partial charge < -0.3 is 25.6 Å². The highest BCUT2D eigenvalue weighted by atomic mass is 32.2. The fraction of sp³-hybridized carbons (Fsp3) is 0.310. The normalized spacial score (nSPS) is 21.1. The zero-order valence-electron chi connectivity index (χ0n) is 22.2. The van der Waals surface area contributed by atoms with Crippen LogP contribution in [0.4, 0.5) is 16.2 Å². The van der Waals surface area contributed by atoms with E-state index in [1.54, 1.807) is 23.0 Å². The lowest BCUT2D eigenvalue weighted by Crippen LogP contribution is -2.50. The molecule has 3 N–H and O–H groups in total. The van der Waals surface area contributed by atoms with Gasteiger partial charge in [-0.15, -0.1) is 0 Å². The highest BCUT2D eigenvalue weighted by Gasteiger charge is 2.47. The van der Waals surface area contributed by atoms with Gasteiger partial charge in [0.1, 0.15) is 21.8 Å². The molecule has 1 saturated heterocycles. The van der Waals surface area contributed by atoms with Crippen LogP contribution in [0, 0.1) is 6.92 Å². The van der Waals surface area contributed by atoms with Crippen molar-refractivity contribution in [1.82, 2.24) is 25.8 Å². The molecule has 6 rings (SSSR count). The van der Waals surface area contributed by atoms with Crippen LogP contribution in [-0.4, -0.2) is 65.7 Å². The number of ether oxygens (including phenoxy) is 1. The highest BCUT2D eigenvalue weighted by Crippen LogP contribution is 2.51. The van der Waals surface area contributed by atoms with Crippen molar-refractivity contribution in [3.05, 3.63) is 71.9 Å². The Morgan fingerprint density at radius 3 is 2.73 bits per heavy atom. The average Bonchev–Trinajstić information content (AvgIpc) is 3.56. The monoisotopic (exact) mass is 558 g/mol. The minimum atomic E-state index is -0.556. The van der Waals surface area contributed by atoms with Crippen molar-refractivity contribution in [2.24, 2.45) is 0 Å². The molecule has 3 aliphatic heterocycles. The van der Waals surface area contributed by atoms with Gasteiger partial charge in [0, 0.05) is 30.9 Å². The quantitative estimate of drug-likeness (QED) is 0.407. The van der Waals surface area contributed by atoms with Crippen LogP contribution in [-0.2, 0) is 9.59 Å². The smallest absolute Gasteiger partial charge is 0.327 e. The maximum absolute atomic E-state index is 13.5. The fourth-order valence-corrected chi connectivity index (χ4v) is 6.72. The number of likely N-dealkylation sites (tertiary alicyclic amines) is 1. The number of urea groups is 1. The number of nitrogens with one attached hydrogen (secondary N) is 3. The van der Waals surface area contributed by atoms with Crippen molar-refractivity contribution >= 4 is 41.0 Å². The Morgan fingerprint density at radius 2 is 1.95 bits per heavy atom. The van der Waals surface area contributed by atoms with Gasteiger partial charge in [0.25, 0.3) is 0 Å². The number of para-hydroxylation sites is 1. The molecule has 1 aromatic heterocycles. The molecule has 2 unspecified atom stereocenters. The molecular weight excluding hydrogens is 528 g/mol. The van der Waals surface area contributed by atoms with E-state index in [2.05, 4.69) is 20.9 Å². The van der Waals surface area contributed by atoms with Gasteiger partial charge in [0.2, 0.25) is 11.8 Å². The van der Waals surface area contributed by atoms with E-state index < -0.39 is 11.3 Å². The first-order valence-corrected chi connectivity index (χ1v) is 14.1. The first kappa shape index (κ1) is 26.1. The topological polar surface area (TPSA) is 116 Å². The van der Waals surface area contributed by atoms with Crippen molar-refractivity contribution in [3.8, 4) is 11.5 Å². The summed E-state index contributed by atoms with van der Waals surface area (Å²) < 4.78 is 5.97. The Kier molecular flexibility index (Phi) is 7.07. The fourth-order valence-electron chi connectivity index (χ4n) is 5.48. The van der Waals surface area contributed by atoms with Crippen LogP contribution in [0.25, 0.3) is 0 Å². The molecule has 206 valence electrons. The van der Waals surface area contributed by atoms with Gasteiger partial charge in [0.05, 0.1) is 24.0 Å². The van der Waals surface area contributed by atoms with E-state index in [0.717, 1.165) is 27.6 Å². The lowest BCUT2D eigenvalue weighted by Gasteiger charge is -2.35. The van der Waals surface area contributed by atoms with Gasteiger partial charge in [0.15, 0.2) is 0 Å². The van der Waals surface area contributed by atoms with E-state index in [1.807, 2.05) is 61.5 Å². The number of amides is 4. The summed E-state index contributed by atoms with van der Waals surface area (Å²) >= 11 is 1.36. The van der Waals surface area contributed by atoms with E-state index in [9.17, 15) is 14.4 Å². The average molecular weight is 559 g/mol. The molecule has 0 radical (unpaired) electrons. The highest BCUT2D eigenvalue weighted by molar-refractivity contribution is 8.01. The van der Waals surface area contributed by atoms with Gasteiger partial charge in [-0.25, -0.2) is 9.78 Å². The number of nitrogens with zero attached hydrogens (tertiary/aromatic N) is 3. The zero-order chi connectivity index (χ0) is 27.8. The van der Waals surface area contributed by atoms with Crippen molar-refractivity contribution in [2.75, 3.05) is 31.6 Å². The molecule has 11 heteroatoms. The largest absolute Gasteiger partial charge is 0.457 e. The number of aryl methyl sites for hydroxylation is 1. The Hall–Kier alpha value is -4.09. The predicted molar refractivity (Wildman–Crippen MR) is 152 cm³/mol. The van der Waals surface area contributed by atoms with Crippen LogP contribution < -0.4 is 25.6 Å². The molecule has 0 saturated carbocycles. The molecule has 0 bridgehead atoms. The predicted octanol–water partition coefficient (Wildman–Crippen LogP) is 3.50. The molecular formula is C29H30N6O4S. The Morgan fingerprint density at radius 1 is 1.12 bits per heavy atom. The van der Waals surface area contributed by atoms with Crippen LogP contribution in [0.2, 0.25) is 0 Å². The molecule has 0 aliphatic carbocycles. The number of carbonyl (C=O) groups excluding carboxylic acids is 3. The van der Waals surface area contributed by atoms with Crippen LogP contribution in [0.3, 0.4) is 0 Å². The van der Waals surface area contributed by atoms with E-state index in [-0.39, 0.29) is 30.4 Å². The number of aromatic nitrogens is 1. The van der Waals surface area contributed by atoms with Crippen molar-refractivity contribution in [3.63, 3.8) is 0 Å². The molecule has 3 atom stereocenters. The van der Waals surface area contributed by atoms with Crippen molar-refractivity contribution in [1.29, 1.82) is 0 Å². The van der Waals surface area contributed by atoms with Gasteiger partial charge in [-0.05, 0) is 62.4 Å². The summed E-state index contributed by atoms with van der Waals surface area (Å²) in [4.78, 5) is 47.1. The minimum absolute atomic E-state index is 0.0188. The lowest BCUT2D eigenvalue weighted by molar-refractivity contribution is -0.129. The van der Waals surface area contributed by atoms with Crippen LogP contribution in [0.1, 0.15) is 23.6 Å². The first-order chi connectivity index (χ1) is 19.4. The summed E-state index contributed by atoms with van der Waals surface area (Å²) in [6, 6.07) is 16.0. The molecule has 10 nitrogen and oxygen atoms in total. The second kappa shape index (κ2) is 10.8. The Labute approximate surface area is 236 Å². The number of hydrogen-bond acceptors (Lipinski definition) is 7. The van der Waals surface area contributed by atoms with Gasteiger partial charge >= 0.3 is 6.03 Å². The molecule has 40 heavy (non-hydrogen) atoms. The third-order valence-corrected chi connectivity index (χ3v) is 8.66. The van der Waals surface area contributed by atoms with Gasteiger partial charge in [-0.2, -0.15) is 0 Å². The standard InChI is InChI=1S/C29H30N6O4S/c1-17-14-20(39-19-6-4-3-5-7-19)8-9-21(17)35-22-10-12-31-28-24(22)25(33-29(35)38)26(40-28)27(37)32-18-11-13-34(16-18)23(36)15-30-2/h3-10,12,14,18,25-26,30H,11,13,15-16H2,1-2H3,(H,32,37)(H,33,38)/t18?,25?,26-/m1/s1. The SMILES string of the molecule is CNCC(=O)N1CCC(NC(=O)[C@@H]2Sc3nccc4c3C2NC(=O)N4c2ccc(Oc3ccccc3)cc2C)C1. The molecule has 1 fully saturated rings. The Balaban J connectivity index is 1.21. The summed E-state index contributed by atoms with van der Waals surface area (Å²) in [7, 11) is 1.74. The lowest BCUT2D eigenvalue weighted by atomic mass is 9.99. The number of pyridine rings is 1. The summed E-state index contributed by atoms with van der Waals surface area (Å²) in [5.41, 5.74) is 3.14. The maximum atomic E-state index is 13.5. The maximum Gasteiger partial charge on any atom is 0.327 e. The number of benzene rings is 2. The Bertz CT molecular complexity index is 1470.